The van der Waals surface area contributed by atoms with Gasteiger partial charge in [-0.3, -0.25) is 4.79 Å². The van der Waals surface area contributed by atoms with Crippen LogP contribution in [0.4, 0.5) is 5.69 Å². The lowest BCUT2D eigenvalue weighted by Gasteiger charge is -2.09. The molecule has 2 aromatic carbocycles. The number of nitrogens with zero attached hydrogens (tertiary/aromatic N) is 1. The Morgan fingerprint density at radius 2 is 1.91 bits per heavy atom. The van der Waals surface area contributed by atoms with Gasteiger partial charge in [-0.05, 0) is 49.4 Å². The summed E-state index contributed by atoms with van der Waals surface area (Å²) in [5.74, 6) is -0.179. The largest absolute Gasteiger partial charge is 0.376 e. The van der Waals surface area contributed by atoms with Crippen molar-refractivity contribution in [3.63, 3.8) is 0 Å². The number of nitrogens with one attached hydrogen (secondary N) is 2. The number of anilines is 1. The molecule has 0 spiro atoms. The van der Waals surface area contributed by atoms with Crippen LogP contribution in [0, 0.1) is 13.8 Å². The Morgan fingerprint density at radius 3 is 2.57 bits per heavy atom. The highest BCUT2D eigenvalue weighted by molar-refractivity contribution is 7.98. The summed E-state index contributed by atoms with van der Waals surface area (Å²) < 4.78 is 0. The normalized spacial score (nSPS) is 10.7. The van der Waals surface area contributed by atoms with Crippen LogP contribution in [0.2, 0.25) is 0 Å². The summed E-state index contributed by atoms with van der Waals surface area (Å²) in [4.78, 5) is 13.0. The van der Waals surface area contributed by atoms with Crippen LogP contribution in [-0.4, -0.2) is 24.9 Å². The van der Waals surface area contributed by atoms with Crippen molar-refractivity contribution in [3.05, 3.63) is 59.2 Å². The fourth-order valence-electron chi connectivity index (χ4n) is 2.10. The highest BCUT2D eigenvalue weighted by atomic mass is 32.2. The minimum atomic E-state index is -0.179. The molecule has 0 radical (unpaired) electrons. The van der Waals surface area contributed by atoms with Gasteiger partial charge in [-0.15, -0.1) is 11.8 Å². The number of benzene rings is 2. The lowest BCUT2D eigenvalue weighted by Crippen LogP contribution is -2.26. The van der Waals surface area contributed by atoms with E-state index in [1.165, 1.54) is 10.5 Å². The molecule has 0 bridgehead atoms. The molecular weight excluding hydrogens is 306 g/mol. The molecule has 2 N–H and O–H groups in total. The zero-order chi connectivity index (χ0) is 16.7. The van der Waals surface area contributed by atoms with Gasteiger partial charge in [0.15, 0.2) is 0 Å². The van der Waals surface area contributed by atoms with Gasteiger partial charge in [0.25, 0.3) is 5.91 Å². The number of hydrogen-bond donors (Lipinski definition) is 2. The molecule has 0 unspecified atom stereocenters. The molecule has 5 heteroatoms. The van der Waals surface area contributed by atoms with Crippen molar-refractivity contribution in [2.45, 2.75) is 18.7 Å². The summed E-state index contributed by atoms with van der Waals surface area (Å²) >= 11 is 1.69. The van der Waals surface area contributed by atoms with Gasteiger partial charge in [-0.25, -0.2) is 5.43 Å². The minimum absolute atomic E-state index is 0.179. The predicted octanol–water partition coefficient (Wildman–Crippen LogP) is 3.59. The van der Waals surface area contributed by atoms with Crippen molar-refractivity contribution in [2.24, 2.45) is 5.10 Å². The average Bonchev–Trinajstić information content (AvgIpc) is 2.54. The number of carbonyl (C=O) groups is 1. The van der Waals surface area contributed by atoms with Gasteiger partial charge in [0.05, 0.1) is 12.8 Å². The Kier molecular flexibility index (Phi) is 6.23. The van der Waals surface area contributed by atoms with Gasteiger partial charge in [0.2, 0.25) is 0 Å². The molecule has 1 amide bonds. The first-order chi connectivity index (χ1) is 11.1. The molecule has 0 heterocycles. The van der Waals surface area contributed by atoms with E-state index in [2.05, 4.69) is 21.9 Å². The second kappa shape index (κ2) is 8.39. The van der Waals surface area contributed by atoms with Crippen molar-refractivity contribution < 1.29 is 4.79 Å². The second-order valence-electron chi connectivity index (χ2n) is 5.24. The Balaban J connectivity index is 1.81. The number of amides is 1. The third-order valence-corrected chi connectivity index (χ3v) is 4.08. The first kappa shape index (κ1) is 17.1. The molecule has 0 fully saturated rings. The Bertz CT molecular complexity index is 696. The summed E-state index contributed by atoms with van der Waals surface area (Å²) in [5, 5.41) is 7.09. The van der Waals surface area contributed by atoms with Crippen LogP contribution >= 0.6 is 11.8 Å². The summed E-state index contributed by atoms with van der Waals surface area (Å²) in [6.45, 7) is 4.25. The average molecular weight is 327 g/mol. The van der Waals surface area contributed by atoms with Crippen molar-refractivity contribution in [2.75, 3.05) is 18.1 Å². The Morgan fingerprint density at radius 1 is 1.17 bits per heavy atom. The quantitative estimate of drug-likeness (QED) is 0.484. The van der Waals surface area contributed by atoms with Crippen LogP contribution in [0.3, 0.4) is 0 Å². The summed E-state index contributed by atoms with van der Waals surface area (Å²) in [5.41, 5.74) is 6.76. The van der Waals surface area contributed by atoms with Gasteiger partial charge in [-0.2, -0.15) is 5.10 Å². The van der Waals surface area contributed by atoms with Crippen molar-refractivity contribution in [1.82, 2.24) is 5.43 Å². The first-order valence-electron chi connectivity index (χ1n) is 7.35. The second-order valence-corrected chi connectivity index (χ2v) is 6.12. The molecular formula is C18H21N3OS. The van der Waals surface area contributed by atoms with Gasteiger partial charge in [0.1, 0.15) is 0 Å². The number of carbonyl (C=O) groups excluding carboxylic acids is 1. The van der Waals surface area contributed by atoms with Gasteiger partial charge < -0.3 is 5.32 Å². The molecule has 2 aromatic rings. The van der Waals surface area contributed by atoms with E-state index in [0.29, 0.717) is 0 Å². The third-order valence-electron chi connectivity index (χ3n) is 3.34. The summed E-state index contributed by atoms with van der Waals surface area (Å²) in [7, 11) is 0. The van der Waals surface area contributed by atoms with Crippen molar-refractivity contribution in [1.29, 1.82) is 0 Å². The monoisotopic (exact) mass is 327 g/mol. The highest BCUT2D eigenvalue weighted by Crippen LogP contribution is 2.15. The molecule has 23 heavy (non-hydrogen) atoms. The van der Waals surface area contributed by atoms with E-state index in [0.717, 1.165) is 16.8 Å². The van der Waals surface area contributed by atoms with Crippen LogP contribution in [0.15, 0.2) is 52.5 Å². The summed E-state index contributed by atoms with van der Waals surface area (Å²) in [6.07, 6.45) is 3.67. The number of hydrogen-bond acceptors (Lipinski definition) is 4. The van der Waals surface area contributed by atoms with Crippen LogP contribution in [0.25, 0.3) is 0 Å². The molecule has 0 aromatic heterocycles. The molecule has 0 aliphatic rings. The molecule has 0 saturated heterocycles. The molecule has 120 valence electrons. The molecule has 0 aliphatic heterocycles. The van der Waals surface area contributed by atoms with Gasteiger partial charge in [0, 0.05) is 10.6 Å². The van der Waals surface area contributed by atoms with E-state index in [4.69, 9.17) is 0 Å². The van der Waals surface area contributed by atoms with Gasteiger partial charge in [-0.1, -0.05) is 29.8 Å². The van der Waals surface area contributed by atoms with Crippen LogP contribution in [-0.2, 0) is 4.79 Å². The highest BCUT2D eigenvalue weighted by Gasteiger charge is 2.02. The third kappa shape index (κ3) is 5.45. The Labute approximate surface area is 141 Å². The van der Waals surface area contributed by atoms with E-state index in [-0.39, 0.29) is 12.5 Å². The van der Waals surface area contributed by atoms with Crippen LogP contribution in [0.5, 0.6) is 0 Å². The van der Waals surface area contributed by atoms with E-state index in [1.54, 1.807) is 18.0 Å². The fraction of sp³-hybridized carbons (Fsp3) is 0.222. The molecule has 0 aliphatic carbocycles. The van der Waals surface area contributed by atoms with Gasteiger partial charge >= 0.3 is 0 Å². The Hall–Kier alpha value is -2.27. The van der Waals surface area contributed by atoms with E-state index < -0.39 is 0 Å². The standard InChI is InChI=1S/C18H21N3OS/c1-13-4-9-17(14(2)10-13)19-12-18(22)21-20-11-15-5-7-16(23-3)8-6-15/h4-11,19H,12H2,1-3H3,(H,21,22)/b20-11-. The van der Waals surface area contributed by atoms with E-state index in [1.807, 2.05) is 56.5 Å². The summed E-state index contributed by atoms with van der Waals surface area (Å²) in [6, 6.07) is 14.1. The zero-order valence-electron chi connectivity index (χ0n) is 13.6. The smallest absolute Gasteiger partial charge is 0.259 e. The first-order valence-corrected chi connectivity index (χ1v) is 8.58. The number of hydrazone groups is 1. The molecule has 0 saturated carbocycles. The zero-order valence-corrected chi connectivity index (χ0v) is 14.4. The predicted molar refractivity (Wildman–Crippen MR) is 98.4 cm³/mol. The van der Waals surface area contributed by atoms with Crippen molar-refractivity contribution >= 4 is 29.6 Å². The molecule has 4 nitrogen and oxygen atoms in total. The van der Waals surface area contributed by atoms with E-state index >= 15 is 0 Å². The number of thioether (sulfide) groups is 1. The number of rotatable bonds is 6. The maximum Gasteiger partial charge on any atom is 0.259 e. The maximum absolute atomic E-state index is 11.8. The fourth-order valence-corrected chi connectivity index (χ4v) is 2.50. The SMILES string of the molecule is CSc1ccc(/C=N\NC(=O)CNc2ccc(C)cc2C)cc1. The lowest BCUT2D eigenvalue weighted by atomic mass is 10.1. The van der Waals surface area contributed by atoms with Crippen LogP contribution in [0.1, 0.15) is 16.7 Å². The van der Waals surface area contributed by atoms with Crippen molar-refractivity contribution in [3.8, 4) is 0 Å². The topological polar surface area (TPSA) is 53.5 Å². The lowest BCUT2D eigenvalue weighted by molar-refractivity contribution is -0.119. The van der Waals surface area contributed by atoms with Crippen LogP contribution < -0.4 is 10.7 Å². The minimum Gasteiger partial charge on any atom is -0.376 e. The number of aryl methyl sites for hydroxylation is 2. The maximum atomic E-state index is 11.8. The van der Waals surface area contributed by atoms with E-state index in [9.17, 15) is 4.79 Å². The molecule has 0 atom stereocenters. The molecule has 2 rings (SSSR count).